The van der Waals surface area contributed by atoms with Gasteiger partial charge >= 0.3 is 5.97 Å². The molecule has 3 N–H and O–H groups in total. The zero-order valence-corrected chi connectivity index (χ0v) is 27.9. The molecule has 5 rings (SSSR count). The van der Waals surface area contributed by atoms with Crippen molar-refractivity contribution in [2.75, 3.05) is 13.2 Å². The Morgan fingerprint density at radius 1 is 0.918 bits per heavy atom. The number of esters is 1. The highest BCUT2D eigenvalue weighted by atomic mass is 19.1. The van der Waals surface area contributed by atoms with Crippen LogP contribution in [0.5, 0.6) is 5.75 Å². The first-order chi connectivity index (χ1) is 23.6. The summed E-state index contributed by atoms with van der Waals surface area (Å²) in [4.78, 5) is 32.3. The maximum atomic E-state index is 14.3. The average molecular weight is 668 g/mol. The number of nitrogens with zero attached hydrogens (tertiary/aromatic N) is 1. The molecular weight excluding hydrogens is 625 g/mol. The summed E-state index contributed by atoms with van der Waals surface area (Å²) < 4.78 is 31.7. The largest absolute Gasteiger partial charge is 0.494 e. The highest BCUT2D eigenvalue weighted by Gasteiger charge is 2.53. The Morgan fingerprint density at radius 2 is 1.61 bits per heavy atom. The fourth-order valence-electron chi connectivity index (χ4n) is 5.52. The Balaban J connectivity index is 1.50. The lowest BCUT2D eigenvalue weighted by molar-refractivity contribution is -0.155. The van der Waals surface area contributed by atoms with Crippen LogP contribution in [-0.2, 0) is 25.6 Å². The molecule has 0 bridgehead atoms. The lowest BCUT2D eigenvalue weighted by atomic mass is 9.83. The summed E-state index contributed by atoms with van der Waals surface area (Å²) in [6.07, 6.45) is -0.534. The van der Waals surface area contributed by atoms with E-state index < -0.39 is 29.1 Å². The average Bonchev–Trinajstić information content (AvgIpc) is 3.48. The second-order valence-electron chi connectivity index (χ2n) is 12.8. The highest BCUT2D eigenvalue weighted by Crippen LogP contribution is 2.44. The first-order valence-electron chi connectivity index (χ1n) is 16.3. The summed E-state index contributed by atoms with van der Waals surface area (Å²) in [6, 6.07) is 30.8. The minimum Gasteiger partial charge on any atom is -0.494 e. The van der Waals surface area contributed by atoms with Crippen LogP contribution in [-0.4, -0.2) is 47.2 Å². The lowest BCUT2D eigenvalue weighted by Crippen LogP contribution is -2.52. The molecule has 2 atom stereocenters. The second-order valence-corrected chi connectivity index (χ2v) is 12.8. The molecule has 1 amide bonds. The number of nitrogens with one attached hydrogen (secondary N) is 2. The van der Waals surface area contributed by atoms with Crippen molar-refractivity contribution in [3.8, 4) is 16.9 Å². The molecule has 0 spiro atoms. The van der Waals surface area contributed by atoms with E-state index in [-0.39, 0.29) is 37.7 Å². The first kappa shape index (κ1) is 35.3. The van der Waals surface area contributed by atoms with Gasteiger partial charge < -0.3 is 19.3 Å². The van der Waals surface area contributed by atoms with E-state index >= 15 is 0 Å². The number of benzene rings is 4. The number of aliphatic hydroxyl groups is 1. The monoisotopic (exact) mass is 667 g/mol. The van der Waals surface area contributed by atoms with Gasteiger partial charge in [0.25, 0.3) is 5.91 Å². The van der Waals surface area contributed by atoms with Gasteiger partial charge in [-0.05, 0) is 85.8 Å². The van der Waals surface area contributed by atoms with Crippen LogP contribution >= 0.6 is 0 Å². The summed E-state index contributed by atoms with van der Waals surface area (Å²) in [6.45, 7) is 5.90. The number of amides is 1. The minimum atomic E-state index is -1.59. The smallest absolute Gasteiger partial charge is 0.306 e. The Labute approximate surface area is 286 Å². The number of hydrogen-bond acceptors (Lipinski definition) is 8. The van der Waals surface area contributed by atoms with Crippen molar-refractivity contribution < 1.29 is 33.3 Å². The second kappa shape index (κ2) is 15.9. The molecule has 0 aromatic heterocycles. The van der Waals surface area contributed by atoms with Crippen molar-refractivity contribution in [1.82, 2.24) is 10.9 Å². The van der Waals surface area contributed by atoms with Crippen LogP contribution in [0, 0.1) is 5.82 Å². The lowest BCUT2D eigenvalue weighted by Gasteiger charge is -2.31. The summed E-state index contributed by atoms with van der Waals surface area (Å²) in [7, 11) is 0. The summed E-state index contributed by atoms with van der Waals surface area (Å²) in [5, 5.41) is 9.08. The van der Waals surface area contributed by atoms with Gasteiger partial charge in [-0.3, -0.25) is 15.0 Å². The van der Waals surface area contributed by atoms with Gasteiger partial charge in [-0.15, -0.1) is 0 Å². The van der Waals surface area contributed by atoms with E-state index in [1.54, 1.807) is 57.2 Å². The number of carbonyl (C=O) groups excluding carboxylic acids is 2. The molecule has 0 saturated carbocycles. The van der Waals surface area contributed by atoms with E-state index in [1.807, 2.05) is 54.6 Å². The van der Waals surface area contributed by atoms with E-state index in [2.05, 4.69) is 10.9 Å². The third kappa shape index (κ3) is 9.31. The molecule has 4 aromatic carbocycles. The van der Waals surface area contributed by atoms with Crippen LogP contribution in [0.3, 0.4) is 0 Å². The molecule has 4 aromatic rings. The Morgan fingerprint density at radius 3 is 2.29 bits per heavy atom. The van der Waals surface area contributed by atoms with Crippen molar-refractivity contribution in [3.63, 3.8) is 0 Å². The molecule has 0 radical (unpaired) electrons. The number of hydrogen-bond donors (Lipinski definition) is 3. The molecule has 1 aliphatic rings. The van der Waals surface area contributed by atoms with Gasteiger partial charge in [0.05, 0.1) is 6.61 Å². The zero-order chi connectivity index (χ0) is 34.9. The topological polar surface area (TPSA) is 118 Å². The van der Waals surface area contributed by atoms with Gasteiger partial charge in [-0.2, -0.15) is 0 Å². The number of rotatable bonds is 14. The van der Waals surface area contributed by atoms with Gasteiger partial charge in [-0.25, -0.2) is 14.8 Å². The zero-order valence-electron chi connectivity index (χ0n) is 27.9. The van der Waals surface area contributed by atoms with Gasteiger partial charge in [-0.1, -0.05) is 66.7 Å². The SMILES string of the molecule is CC(C)(C)OC(=O)CC[C@]1(C(=O)NNCc2cccc(F)c2)N=C(c2ccc(OCCCO)cc2)O[C@H]1c1ccc(-c2ccccc2)cc1. The van der Waals surface area contributed by atoms with Crippen LogP contribution in [0.15, 0.2) is 108 Å². The van der Waals surface area contributed by atoms with E-state index in [0.29, 0.717) is 35.5 Å². The first-order valence-corrected chi connectivity index (χ1v) is 16.3. The highest BCUT2D eigenvalue weighted by molar-refractivity contribution is 6.01. The van der Waals surface area contributed by atoms with Crippen LogP contribution in [0.4, 0.5) is 4.39 Å². The van der Waals surface area contributed by atoms with E-state index in [4.69, 9.17) is 24.3 Å². The van der Waals surface area contributed by atoms with Crippen molar-refractivity contribution in [2.45, 2.75) is 63.8 Å². The Kier molecular flexibility index (Phi) is 11.4. The number of ether oxygens (including phenoxy) is 3. The van der Waals surface area contributed by atoms with Gasteiger partial charge in [0, 0.05) is 31.6 Å². The molecule has 0 fully saturated rings. The Bertz CT molecular complexity index is 1740. The summed E-state index contributed by atoms with van der Waals surface area (Å²) in [5.41, 5.74) is 7.31. The summed E-state index contributed by atoms with van der Waals surface area (Å²) in [5.74, 6) is -0.549. The number of aliphatic hydroxyl groups excluding tert-OH is 1. The maximum absolute atomic E-state index is 14.3. The Hall–Kier alpha value is -5.06. The number of halogens is 1. The fourth-order valence-corrected chi connectivity index (χ4v) is 5.52. The molecule has 49 heavy (non-hydrogen) atoms. The van der Waals surface area contributed by atoms with Gasteiger partial charge in [0.1, 0.15) is 17.2 Å². The van der Waals surface area contributed by atoms with Crippen molar-refractivity contribution in [2.24, 2.45) is 4.99 Å². The van der Waals surface area contributed by atoms with Crippen LogP contribution in [0.2, 0.25) is 0 Å². The minimum absolute atomic E-state index is 0.0215. The third-order valence-corrected chi connectivity index (χ3v) is 7.86. The molecule has 9 nitrogen and oxygen atoms in total. The molecule has 0 aliphatic carbocycles. The van der Waals surface area contributed by atoms with Gasteiger partial charge in [0.15, 0.2) is 11.6 Å². The molecule has 0 saturated heterocycles. The van der Waals surface area contributed by atoms with Crippen LogP contribution in [0.1, 0.15) is 62.8 Å². The van der Waals surface area contributed by atoms with Crippen molar-refractivity contribution in [1.29, 1.82) is 0 Å². The number of hydrazine groups is 1. The molecule has 256 valence electrons. The van der Waals surface area contributed by atoms with Crippen LogP contribution in [0.25, 0.3) is 11.1 Å². The molecule has 1 aliphatic heterocycles. The van der Waals surface area contributed by atoms with E-state index in [1.165, 1.54) is 12.1 Å². The van der Waals surface area contributed by atoms with Crippen molar-refractivity contribution in [3.05, 3.63) is 126 Å². The van der Waals surface area contributed by atoms with E-state index in [0.717, 1.165) is 11.1 Å². The standard InChI is InChI=1S/C39H42FN3O6/c1-38(2,3)49-34(45)21-22-39(37(46)43-41-26-27-9-7-12-32(40)25-27)35(30-15-13-29(14-16-30)28-10-5-4-6-11-28)48-36(42-39)31-17-19-33(20-18-31)47-24-8-23-44/h4-7,9-20,25,35,41,44H,8,21-24,26H2,1-3H3,(H,43,46)/t35-,39-/m0/s1. The number of aliphatic imine (C=N–C) groups is 1. The third-order valence-electron chi connectivity index (χ3n) is 7.86. The summed E-state index contributed by atoms with van der Waals surface area (Å²) >= 11 is 0. The predicted octanol–water partition coefficient (Wildman–Crippen LogP) is 6.45. The fraction of sp³-hybridized carbons (Fsp3) is 0.308. The maximum Gasteiger partial charge on any atom is 0.306 e. The van der Waals surface area contributed by atoms with E-state index in [9.17, 15) is 14.0 Å². The normalized spacial score (nSPS) is 17.2. The van der Waals surface area contributed by atoms with Gasteiger partial charge in [0.2, 0.25) is 5.90 Å². The molecule has 1 heterocycles. The quantitative estimate of drug-likeness (QED) is 0.0804. The molecular formula is C39H42FN3O6. The van der Waals surface area contributed by atoms with Crippen LogP contribution < -0.4 is 15.6 Å². The predicted molar refractivity (Wildman–Crippen MR) is 185 cm³/mol. The number of carbonyl (C=O) groups is 2. The molecule has 0 unspecified atom stereocenters. The van der Waals surface area contributed by atoms with Crippen molar-refractivity contribution >= 4 is 17.8 Å². The molecule has 10 heteroatoms.